The molecule has 1 aromatic carbocycles. The summed E-state index contributed by atoms with van der Waals surface area (Å²) in [5.41, 5.74) is 3.11. The lowest BCUT2D eigenvalue weighted by Crippen LogP contribution is -1.81. The van der Waals surface area contributed by atoms with Crippen LogP contribution in [-0.2, 0) is 6.42 Å². The molecule has 0 saturated heterocycles. The number of hydrogen-bond acceptors (Lipinski definition) is 1. The van der Waals surface area contributed by atoms with Crippen molar-refractivity contribution in [1.82, 2.24) is 4.98 Å². The second-order valence-electron chi connectivity index (χ2n) is 3.49. The van der Waals surface area contributed by atoms with Crippen molar-refractivity contribution in [2.75, 3.05) is 0 Å². The van der Waals surface area contributed by atoms with Gasteiger partial charge in [0, 0.05) is 22.7 Å². The first-order chi connectivity index (χ1) is 6.85. The Morgan fingerprint density at radius 3 is 3.00 bits per heavy atom. The molecule has 0 unspecified atom stereocenters. The van der Waals surface area contributed by atoms with Gasteiger partial charge in [-0.15, -0.1) is 0 Å². The van der Waals surface area contributed by atoms with Gasteiger partial charge in [-0.1, -0.05) is 25.5 Å². The monoisotopic (exact) mass is 187 g/mol. The fourth-order valence-corrected chi connectivity index (χ4v) is 1.75. The zero-order chi connectivity index (χ0) is 9.97. The number of carbonyl (C=O) groups excluding carboxylic acids is 1. The standard InChI is InChI=1S/C12H13NO/c1-2-3-10-7-13-12-6-9(8-14)4-5-11(10)12/h4-8,13H,2-3H2,1H3. The Balaban J connectivity index is 2.53. The Bertz CT molecular complexity index is 456. The second-order valence-corrected chi connectivity index (χ2v) is 3.49. The van der Waals surface area contributed by atoms with Crippen LogP contribution in [0.1, 0.15) is 29.3 Å². The van der Waals surface area contributed by atoms with E-state index < -0.39 is 0 Å². The third kappa shape index (κ3) is 1.43. The van der Waals surface area contributed by atoms with E-state index in [1.807, 2.05) is 24.4 Å². The van der Waals surface area contributed by atoms with E-state index in [9.17, 15) is 4.79 Å². The first-order valence-electron chi connectivity index (χ1n) is 4.90. The quantitative estimate of drug-likeness (QED) is 0.736. The third-order valence-corrected chi connectivity index (χ3v) is 2.45. The van der Waals surface area contributed by atoms with Crippen molar-refractivity contribution in [2.45, 2.75) is 19.8 Å². The molecule has 2 aromatic rings. The Morgan fingerprint density at radius 2 is 2.29 bits per heavy atom. The van der Waals surface area contributed by atoms with Gasteiger partial charge in [0.05, 0.1) is 0 Å². The average Bonchev–Trinajstić information content (AvgIpc) is 2.61. The highest BCUT2D eigenvalue weighted by Crippen LogP contribution is 2.20. The topological polar surface area (TPSA) is 32.9 Å². The summed E-state index contributed by atoms with van der Waals surface area (Å²) in [6.07, 6.45) is 5.13. The van der Waals surface area contributed by atoms with Crippen molar-refractivity contribution < 1.29 is 4.79 Å². The number of rotatable bonds is 3. The molecular formula is C12H13NO. The smallest absolute Gasteiger partial charge is 0.150 e. The van der Waals surface area contributed by atoms with Gasteiger partial charge in [-0.3, -0.25) is 4.79 Å². The van der Waals surface area contributed by atoms with Crippen molar-refractivity contribution in [1.29, 1.82) is 0 Å². The normalized spacial score (nSPS) is 10.6. The van der Waals surface area contributed by atoms with E-state index in [4.69, 9.17) is 0 Å². The van der Waals surface area contributed by atoms with Gasteiger partial charge in [0.15, 0.2) is 0 Å². The van der Waals surface area contributed by atoms with Gasteiger partial charge >= 0.3 is 0 Å². The largest absolute Gasteiger partial charge is 0.361 e. The summed E-state index contributed by atoms with van der Waals surface area (Å²) in [6.45, 7) is 2.17. The summed E-state index contributed by atoms with van der Waals surface area (Å²) in [5.74, 6) is 0. The molecule has 0 aliphatic rings. The van der Waals surface area contributed by atoms with Crippen LogP contribution in [0.3, 0.4) is 0 Å². The lowest BCUT2D eigenvalue weighted by atomic mass is 10.1. The van der Waals surface area contributed by atoms with Crippen LogP contribution in [0.15, 0.2) is 24.4 Å². The number of fused-ring (bicyclic) bond motifs is 1. The Kier molecular flexibility index (Phi) is 2.35. The van der Waals surface area contributed by atoms with Gasteiger partial charge in [0.1, 0.15) is 6.29 Å². The average molecular weight is 187 g/mol. The van der Waals surface area contributed by atoms with E-state index in [-0.39, 0.29) is 0 Å². The first kappa shape index (κ1) is 9.00. The van der Waals surface area contributed by atoms with Crippen LogP contribution in [-0.4, -0.2) is 11.3 Å². The molecule has 0 radical (unpaired) electrons. The molecule has 14 heavy (non-hydrogen) atoms. The van der Waals surface area contributed by atoms with Crippen LogP contribution < -0.4 is 0 Å². The van der Waals surface area contributed by atoms with E-state index in [0.29, 0.717) is 0 Å². The Morgan fingerprint density at radius 1 is 1.43 bits per heavy atom. The highest BCUT2D eigenvalue weighted by Gasteiger charge is 2.02. The summed E-state index contributed by atoms with van der Waals surface area (Å²) in [5, 5.41) is 1.23. The lowest BCUT2D eigenvalue weighted by molar-refractivity contribution is 0.112. The zero-order valence-corrected chi connectivity index (χ0v) is 8.21. The summed E-state index contributed by atoms with van der Waals surface area (Å²) in [6, 6.07) is 5.77. The molecule has 0 saturated carbocycles. The van der Waals surface area contributed by atoms with E-state index in [1.54, 1.807) is 0 Å². The van der Waals surface area contributed by atoms with Gasteiger partial charge in [-0.05, 0) is 18.1 Å². The van der Waals surface area contributed by atoms with Gasteiger partial charge in [-0.2, -0.15) is 0 Å². The molecule has 2 nitrogen and oxygen atoms in total. The van der Waals surface area contributed by atoms with Gasteiger partial charge < -0.3 is 4.98 Å². The minimum absolute atomic E-state index is 0.724. The molecule has 2 rings (SSSR count). The maximum atomic E-state index is 10.6. The van der Waals surface area contributed by atoms with E-state index in [2.05, 4.69) is 11.9 Å². The second kappa shape index (κ2) is 3.66. The molecule has 1 heterocycles. The van der Waals surface area contributed by atoms with E-state index in [1.165, 1.54) is 10.9 Å². The molecule has 72 valence electrons. The molecule has 0 amide bonds. The number of aromatic amines is 1. The minimum Gasteiger partial charge on any atom is -0.361 e. The molecule has 0 fully saturated rings. The Labute approximate surface area is 82.9 Å². The predicted octanol–water partition coefficient (Wildman–Crippen LogP) is 2.93. The van der Waals surface area contributed by atoms with Crippen LogP contribution in [0.5, 0.6) is 0 Å². The molecule has 0 spiro atoms. The van der Waals surface area contributed by atoms with Crippen LogP contribution in [0.25, 0.3) is 10.9 Å². The molecule has 0 aliphatic heterocycles. The van der Waals surface area contributed by atoms with Crippen molar-refractivity contribution in [3.8, 4) is 0 Å². The maximum Gasteiger partial charge on any atom is 0.150 e. The van der Waals surface area contributed by atoms with Crippen molar-refractivity contribution in [2.24, 2.45) is 0 Å². The van der Waals surface area contributed by atoms with Crippen molar-refractivity contribution in [3.63, 3.8) is 0 Å². The number of hydrogen-bond donors (Lipinski definition) is 1. The molecule has 2 heteroatoms. The number of benzene rings is 1. The van der Waals surface area contributed by atoms with Crippen molar-refractivity contribution in [3.05, 3.63) is 35.5 Å². The zero-order valence-electron chi connectivity index (χ0n) is 8.21. The van der Waals surface area contributed by atoms with Gasteiger partial charge in [0.2, 0.25) is 0 Å². The molecular weight excluding hydrogens is 174 g/mol. The van der Waals surface area contributed by atoms with Crippen LogP contribution in [0, 0.1) is 0 Å². The van der Waals surface area contributed by atoms with E-state index >= 15 is 0 Å². The molecule has 0 bridgehead atoms. The summed E-state index contributed by atoms with van der Waals surface area (Å²) >= 11 is 0. The van der Waals surface area contributed by atoms with Crippen LogP contribution in [0.4, 0.5) is 0 Å². The first-order valence-corrected chi connectivity index (χ1v) is 4.90. The number of H-pyrrole nitrogens is 1. The minimum atomic E-state index is 0.724. The number of carbonyl (C=O) groups is 1. The molecule has 1 aromatic heterocycles. The number of aldehydes is 1. The highest BCUT2D eigenvalue weighted by molar-refractivity contribution is 5.89. The number of aryl methyl sites for hydroxylation is 1. The van der Waals surface area contributed by atoms with Crippen molar-refractivity contribution >= 4 is 17.2 Å². The maximum absolute atomic E-state index is 10.6. The number of aromatic nitrogens is 1. The molecule has 1 N–H and O–H groups in total. The third-order valence-electron chi connectivity index (χ3n) is 2.45. The summed E-state index contributed by atoms with van der Waals surface area (Å²) in [4.78, 5) is 13.8. The lowest BCUT2D eigenvalue weighted by Gasteiger charge is -1.95. The molecule has 0 atom stereocenters. The van der Waals surface area contributed by atoms with Gasteiger partial charge in [0.25, 0.3) is 0 Å². The summed E-state index contributed by atoms with van der Waals surface area (Å²) in [7, 11) is 0. The summed E-state index contributed by atoms with van der Waals surface area (Å²) < 4.78 is 0. The fraction of sp³-hybridized carbons (Fsp3) is 0.250. The number of nitrogens with one attached hydrogen (secondary N) is 1. The van der Waals surface area contributed by atoms with Crippen LogP contribution in [0.2, 0.25) is 0 Å². The van der Waals surface area contributed by atoms with E-state index in [0.717, 1.165) is 30.2 Å². The fourth-order valence-electron chi connectivity index (χ4n) is 1.75. The SMILES string of the molecule is CCCc1c[nH]c2cc(C=O)ccc12. The Hall–Kier alpha value is -1.57. The highest BCUT2D eigenvalue weighted by atomic mass is 16.1. The van der Waals surface area contributed by atoms with Gasteiger partial charge in [-0.25, -0.2) is 0 Å². The van der Waals surface area contributed by atoms with Crippen LogP contribution >= 0.6 is 0 Å². The molecule has 0 aliphatic carbocycles. The predicted molar refractivity (Wildman–Crippen MR) is 57.7 cm³/mol.